The highest BCUT2D eigenvalue weighted by Crippen LogP contribution is 2.18. The number of nitrogens with two attached hydrogens (primary N) is 3. The van der Waals surface area contributed by atoms with E-state index in [1.54, 1.807) is 26.0 Å². The topological polar surface area (TPSA) is 147 Å². The smallest absolute Gasteiger partial charge is 0.200 e. The normalized spacial score (nSPS) is 12.9. The van der Waals surface area contributed by atoms with Crippen LogP contribution >= 0.6 is 0 Å². The molecule has 0 spiro atoms. The standard InChI is InChI=1S/C17H25N7O/c1-10(2)15(17(25)21-11(3)4)16(24-20)22-13-7-5-12(6-8-13)14(9-18)23-19/h5-9,21,23,25H,1,3,18-20H2,2,4H3,(H,22,24)/b14-9-,17-15-. The lowest BCUT2D eigenvalue weighted by Gasteiger charge is -2.16. The largest absolute Gasteiger partial charge is 0.494 e. The third-order valence-corrected chi connectivity index (χ3v) is 3.14. The monoisotopic (exact) mass is 343 g/mol. The van der Waals surface area contributed by atoms with Crippen molar-refractivity contribution in [1.82, 2.24) is 10.7 Å². The Kier molecular flexibility index (Phi) is 7.11. The average molecular weight is 343 g/mol. The summed E-state index contributed by atoms with van der Waals surface area (Å²) in [7, 11) is 0. The summed E-state index contributed by atoms with van der Waals surface area (Å²) in [4.78, 5) is 0. The van der Waals surface area contributed by atoms with Crippen LogP contribution in [0, 0.1) is 0 Å². The second-order valence-corrected chi connectivity index (χ2v) is 5.31. The van der Waals surface area contributed by atoms with Crippen LogP contribution in [0.4, 0.5) is 5.69 Å². The van der Waals surface area contributed by atoms with Gasteiger partial charge in [0.05, 0.1) is 11.3 Å². The molecule has 0 aliphatic carbocycles. The fraction of sp³-hybridized carbons (Fsp3) is 0.118. The third-order valence-electron chi connectivity index (χ3n) is 3.14. The molecule has 0 saturated heterocycles. The maximum absolute atomic E-state index is 10.2. The van der Waals surface area contributed by atoms with Crippen molar-refractivity contribution < 1.29 is 5.11 Å². The van der Waals surface area contributed by atoms with E-state index in [9.17, 15) is 5.11 Å². The van der Waals surface area contributed by atoms with Gasteiger partial charge in [0.2, 0.25) is 0 Å². The molecule has 0 fully saturated rings. The van der Waals surface area contributed by atoms with Gasteiger partial charge < -0.3 is 32.7 Å². The number of hydrogen-bond acceptors (Lipinski definition) is 7. The van der Waals surface area contributed by atoms with Crippen LogP contribution in [0.2, 0.25) is 0 Å². The van der Waals surface area contributed by atoms with E-state index in [4.69, 9.17) is 17.4 Å². The lowest BCUT2D eigenvalue weighted by atomic mass is 10.1. The second-order valence-electron chi connectivity index (χ2n) is 5.31. The summed E-state index contributed by atoms with van der Waals surface area (Å²) in [5.74, 6) is 11.0. The van der Waals surface area contributed by atoms with Crippen LogP contribution in [0.15, 0.2) is 71.5 Å². The lowest BCUT2D eigenvalue weighted by molar-refractivity contribution is 0.375. The van der Waals surface area contributed by atoms with Gasteiger partial charge in [-0.1, -0.05) is 25.3 Å². The van der Waals surface area contributed by atoms with Crippen LogP contribution in [-0.2, 0) is 0 Å². The summed E-state index contributed by atoms with van der Waals surface area (Å²) in [6, 6.07) is 7.21. The summed E-state index contributed by atoms with van der Waals surface area (Å²) >= 11 is 0. The molecule has 0 amide bonds. The van der Waals surface area contributed by atoms with E-state index in [2.05, 4.69) is 34.3 Å². The minimum absolute atomic E-state index is 0.144. The van der Waals surface area contributed by atoms with E-state index in [0.717, 1.165) is 5.56 Å². The van der Waals surface area contributed by atoms with Crippen molar-refractivity contribution in [3.05, 3.63) is 71.9 Å². The molecule has 0 heterocycles. The Hall–Kier alpha value is -3.39. The number of nitrogens with zero attached hydrogens (tertiary/aromatic N) is 1. The number of benzene rings is 1. The Balaban J connectivity index is 3.13. The summed E-state index contributed by atoms with van der Waals surface area (Å²) in [5, 5.41) is 19.7. The number of rotatable bonds is 7. The Labute approximate surface area is 147 Å². The number of aliphatic hydroxyl groups excluding tert-OH is 1. The lowest BCUT2D eigenvalue weighted by Crippen LogP contribution is -2.23. The Morgan fingerprint density at radius 1 is 1.20 bits per heavy atom. The van der Waals surface area contributed by atoms with E-state index < -0.39 is 0 Å². The molecule has 0 unspecified atom stereocenters. The van der Waals surface area contributed by atoms with Crippen molar-refractivity contribution in [1.29, 1.82) is 0 Å². The highest BCUT2D eigenvalue weighted by atomic mass is 16.3. The molecule has 8 heteroatoms. The number of amidine groups is 1. The average Bonchev–Trinajstić information content (AvgIpc) is 2.55. The first-order chi connectivity index (χ1) is 11.8. The Morgan fingerprint density at radius 3 is 2.20 bits per heavy atom. The van der Waals surface area contributed by atoms with Gasteiger partial charge in [-0.05, 0) is 31.6 Å². The van der Waals surface area contributed by atoms with E-state index in [0.29, 0.717) is 28.2 Å². The van der Waals surface area contributed by atoms with Gasteiger partial charge in [0.1, 0.15) is 0 Å². The van der Waals surface area contributed by atoms with Crippen LogP contribution in [0.5, 0.6) is 0 Å². The summed E-state index contributed by atoms with van der Waals surface area (Å²) in [6.45, 7) is 11.0. The van der Waals surface area contributed by atoms with Gasteiger partial charge in [-0.15, -0.1) is 0 Å². The first-order valence-electron chi connectivity index (χ1n) is 7.39. The highest BCUT2D eigenvalue weighted by molar-refractivity contribution is 6.10. The van der Waals surface area contributed by atoms with Crippen molar-refractivity contribution in [2.75, 3.05) is 5.32 Å². The predicted molar refractivity (Wildman–Crippen MR) is 104 cm³/mol. The minimum Gasteiger partial charge on any atom is -0.494 e. The van der Waals surface area contributed by atoms with Gasteiger partial charge in [-0.3, -0.25) is 5.84 Å². The van der Waals surface area contributed by atoms with Gasteiger partial charge in [0.25, 0.3) is 0 Å². The number of hydrogen-bond donors (Lipinski definition) is 7. The molecular weight excluding hydrogens is 318 g/mol. The number of anilines is 1. The Morgan fingerprint density at radius 2 is 1.80 bits per heavy atom. The first kappa shape index (κ1) is 19.7. The second kappa shape index (κ2) is 9.04. The summed E-state index contributed by atoms with van der Waals surface area (Å²) < 4.78 is 0. The predicted octanol–water partition coefficient (Wildman–Crippen LogP) is 1.56. The molecule has 10 N–H and O–H groups in total. The number of hydrazine groups is 1. The zero-order chi connectivity index (χ0) is 19.0. The van der Waals surface area contributed by atoms with Gasteiger partial charge in [0.15, 0.2) is 11.7 Å². The number of hydrazone groups is 1. The highest BCUT2D eigenvalue weighted by Gasteiger charge is 2.15. The number of allylic oxidation sites excluding steroid dienone is 1. The maximum atomic E-state index is 10.2. The van der Waals surface area contributed by atoms with Gasteiger partial charge in [0, 0.05) is 23.1 Å². The van der Waals surface area contributed by atoms with Crippen LogP contribution in [0.1, 0.15) is 19.4 Å². The number of nitrogens with one attached hydrogen (secondary N) is 3. The molecule has 134 valence electrons. The van der Waals surface area contributed by atoms with Crippen LogP contribution < -0.4 is 33.5 Å². The molecule has 0 aliphatic rings. The maximum Gasteiger partial charge on any atom is 0.200 e. The summed E-state index contributed by atoms with van der Waals surface area (Å²) in [5.41, 5.74) is 11.6. The molecule has 0 bridgehead atoms. The molecular formula is C17H25N7O. The molecule has 0 aliphatic heterocycles. The molecule has 0 atom stereocenters. The molecule has 0 saturated carbocycles. The zero-order valence-electron chi connectivity index (χ0n) is 14.4. The molecule has 25 heavy (non-hydrogen) atoms. The van der Waals surface area contributed by atoms with E-state index in [-0.39, 0.29) is 11.7 Å². The fourth-order valence-corrected chi connectivity index (χ4v) is 2.04. The van der Waals surface area contributed by atoms with Crippen molar-refractivity contribution in [2.24, 2.45) is 22.5 Å². The van der Waals surface area contributed by atoms with E-state index in [1.807, 2.05) is 12.1 Å². The van der Waals surface area contributed by atoms with Crippen molar-refractivity contribution in [3.8, 4) is 0 Å². The van der Waals surface area contributed by atoms with Crippen molar-refractivity contribution in [3.63, 3.8) is 0 Å². The van der Waals surface area contributed by atoms with Crippen molar-refractivity contribution in [2.45, 2.75) is 13.8 Å². The molecule has 8 nitrogen and oxygen atoms in total. The van der Waals surface area contributed by atoms with Crippen LogP contribution in [0.3, 0.4) is 0 Å². The molecule has 1 aromatic carbocycles. The SMILES string of the molecule is C=C(C)N/C(O)=C(C(=C)C)/C(=N\N)Nc1ccc(/C(=C/N)NN)cc1. The van der Waals surface area contributed by atoms with E-state index in [1.165, 1.54) is 6.20 Å². The van der Waals surface area contributed by atoms with Crippen molar-refractivity contribution >= 4 is 17.2 Å². The first-order valence-corrected chi connectivity index (χ1v) is 7.39. The zero-order valence-corrected chi connectivity index (χ0v) is 14.4. The third kappa shape index (κ3) is 5.33. The molecule has 1 rings (SSSR count). The van der Waals surface area contributed by atoms with Crippen LogP contribution in [-0.4, -0.2) is 10.9 Å². The van der Waals surface area contributed by atoms with Gasteiger partial charge in [-0.25, -0.2) is 0 Å². The minimum atomic E-state index is -0.144. The van der Waals surface area contributed by atoms with Gasteiger partial charge in [-0.2, -0.15) is 5.10 Å². The van der Waals surface area contributed by atoms with Gasteiger partial charge >= 0.3 is 0 Å². The fourth-order valence-electron chi connectivity index (χ4n) is 2.04. The summed E-state index contributed by atoms with van der Waals surface area (Å²) in [6.07, 6.45) is 1.37. The molecule has 0 radical (unpaired) electrons. The van der Waals surface area contributed by atoms with Crippen LogP contribution in [0.25, 0.3) is 5.70 Å². The van der Waals surface area contributed by atoms with E-state index >= 15 is 0 Å². The quantitative estimate of drug-likeness (QED) is 0.0992. The number of aliphatic hydroxyl groups is 1. The molecule has 1 aromatic rings. The Bertz CT molecular complexity index is 730. The molecule has 0 aromatic heterocycles.